The van der Waals surface area contributed by atoms with Gasteiger partial charge in [0.15, 0.2) is 0 Å². The van der Waals surface area contributed by atoms with Crippen molar-refractivity contribution in [3.05, 3.63) is 0 Å². The highest BCUT2D eigenvalue weighted by Gasteiger charge is 2.11. The number of amides is 1. The predicted octanol–water partition coefficient (Wildman–Crippen LogP) is -0.797. The minimum Gasteiger partial charge on any atom is -0.370 e. The molecule has 0 aromatic heterocycles. The second-order valence-corrected chi connectivity index (χ2v) is 3.19. The molecular weight excluding hydrogens is 154 g/mol. The van der Waals surface area contributed by atoms with Gasteiger partial charge < -0.3 is 16.4 Å². The summed E-state index contributed by atoms with van der Waals surface area (Å²) in [7, 11) is 0. The van der Waals surface area contributed by atoms with E-state index < -0.39 is 0 Å². The van der Waals surface area contributed by atoms with Gasteiger partial charge in [0.25, 0.3) is 0 Å². The van der Waals surface area contributed by atoms with Gasteiger partial charge >= 0.3 is 0 Å². The summed E-state index contributed by atoms with van der Waals surface area (Å²) in [5.74, 6) is -0.226. The van der Waals surface area contributed by atoms with E-state index in [0.717, 1.165) is 32.5 Å². The summed E-state index contributed by atoms with van der Waals surface area (Å²) in [6, 6.07) is 0.575. The van der Waals surface area contributed by atoms with Crippen LogP contribution in [-0.4, -0.2) is 31.6 Å². The quantitative estimate of drug-likeness (QED) is 0.519. The monoisotopic (exact) mass is 171 g/mol. The van der Waals surface area contributed by atoms with Gasteiger partial charge in [-0.15, -0.1) is 0 Å². The summed E-state index contributed by atoms with van der Waals surface area (Å²) >= 11 is 0. The van der Waals surface area contributed by atoms with Crippen molar-refractivity contribution in [3.8, 4) is 0 Å². The normalized spacial score (nSPS) is 19.3. The van der Waals surface area contributed by atoms with Crippen LogP contribution in [0, 0.1) is 0 Å². The number of nitrogens with two attached hydrogens (primary N) is 1. The molecule has 0 atom stereocenters. The van der Waals surface area contributed by atoms with E-state index in [1.165, 1.54) is 0 Å². The van der Waals surface area contributed by atoms with E-state index in [1.807, 2.05) is 0 Å². The maximum Gasteiger partial charge on any atom is 0.218 e. The summed E-state index contributed by atoms with van der Waals surface area (Å²) in [4.78, 5) is 10.4. The highest BCUT2D eigenvalue weighted by molar-refractivity contribution is 5.73. The van der Waals surface area contributed by atoms with Gasteiger partial charge in [-0.05, 0) is 25.9 Å². The molecule has 1 aliphatic heterocycles. The smallest absolute Gasteiger partial charge is 0.218 e. The number of primary amides is 1. The van der Waals surface area contributed by atoms with Crippen LogP contribution in [0.3, 0.4) is 0 Å². The highest BCUT2D eigenvalue weighted by atomic mass is 16.1. The minimum atomic E-state index is -0.226. The Kier molecular flexibility index (Phi) is 4.04. The van der Waals surface area contributed by atoms with Gasteiger partial charge in [0.05, 0.1) is 0 Å². The molecule has 0 spiro atoms. The average Bonchev–Trinajstić information content (AvgIpc) is 2.05. The van der Waals surface area contributed by atoms with Crippen molar-refractivity contribution in [2.45, 2.75) is 25.3 Å². The number of piperidine rings is 1. The van der Waals surface area contributed by atoms with Crippen molar-refractivity contribution in [1.82, 2.24) is 10.6 Å². The molecule has 0 bridgehead atoms. The predicted molar refractivity (Wildman–Crippen MR) is 47.7 cm³/mol. The molecule has 0 aromatic rings. The number of hydrogen-bond donors (Lipinski definition) is 3. The Balaban J connectivity index is 2.01. The van der Waals surface area contributed by atoms with Crippen molar-refractivity contribution in [2.75, 3.05) is 19.6 Å². The summed E-state index contributed by atoms with van der Waals surface area (Å²) in [5.41, 5.74) is 5.02. The van der Waals surface area contributed by atoms with Crippen LogP contribution in [0.1, 0.15) is 19.3 Å². The number of rotatable bonds is 4. The van der Waals surface area contributed by atoms with Crippen LogP contribution in [0.25, 0.3) is 0 Å². The molecule has 1 heterocycles. The molecule has 1 aliphatic rings. The first kappa shape index (κ1) is 9.48. The molecule has 1 fully saturated rings. The van der Waals surface area contributed by atoms with Crippen LogP contribution >= 0.6 is 0 Å². The van der Waals surface area contributed by atoms with Gasteiger partial charge in [0.1, 0.15) is 0 Å². The van der Waals surface area contributed by atoms with E-state index in [1.54, 1.807) is 0 Å². The fourth-order valence-electron chi connectivity index (χ4n) is 1.43. The minimum absolute atomic E-state index is 0.226. The average molecular weight is 171 g/mol. The molecule has 4 heteroatoms. The molecule has 0 aromatic carbocycles. The topological polar surface area (TPSA) is 67.2 Å². The summed E-state index contributed by atoms with van der Waals surface area (Å²) in [5, 5.41) is 6.59. The standard InChI is InChI=1S/C8H17N3O/c9-8(12)3-6-11-7-1-4-10-5-2-7/h7,10-11H,1-6H2,(H2,9,12). The van der Waals surface area contributed by atoms with Crippen molar-refractivity contribution in [2.24, 2.45) is 5.73 Å². The van der Waals surface area contributed by atoms with E-state index >= 15 is 0 Å². The SMILES string of the molecule is NC(=O)CCNC1CCNCC1. The van der Waals surface area contributed by atoms with E-state index in [-0.39, 0.29) is 5.91 Å². The molecule has 70 valence electrons. The van der Waals surface area contributed by atoms with Crippen LogP contribution < -0.4 is 16.4 Å². The fourth-order valence-corrected chi connectivity index (χ4v) is 1.43. The van der Waals surface area contributed by atoms with Crippen LogP contribution in [0.4, 0.5) is 0 Å². The molecule has 0 saturated carbocycles. The van der Waals surface area contributed by atoms with Crippen molar-refractivity contribution in [3.63, 3.8) is 0 Å². The molecule has 4 nitrogen and oxygen atoms in total. The summed E-state index contributed by atoms with van der Waals surface area (Å²) in [6.07, 6.45) is 2.75. The van der Waals surface area contributed by atoms with E-state index in [0.29, 0.717) is 12.5 Å². The Labute approximate surface area is 72.9 Å². The van der Waals surface area contributed by atoms with E-state index in [4.69, 9.17) is 5.73 Å². The molecule has 1 amide bonds. The molecule has 12 heavy (non-hydrogen) atoms. The maximum absolute atomic E-state index is 10.4. The first-order valence-corrected chi connectivity index (χ1v) is 4.51. The van der Waals surface area contributed by atoms with Gasteiger partial charge in [0, 0.05) is 19.0 Å². The van der Waals surface area contributed by atoms with Gasteiger partial charge in [-0.1, -0.05) is 0 Å². The Morgan fingerprint density at radius 2 is 2.17 bits per heavy atom. The molecule has 0 unspecified atom stereocenters. The number of hydrogen-bond acceptors (Lipinski definition) is 3. The van der Waals surface area contributed by atoms with Crippen LogP contribution in [0.15, 0.2) is 0 Å². The number of carbonyl (C=O) groups excluding carboxylic acids is 1. The Hall–Kier alpha value is -0.610. The van der Waals surface area contributed by atoms with Gasteiger partial charge in [-0.2, -0.15) is 0 Å². The lowest BCUT2D eigenvalue weighted by Gasteiger charge is -2.23. The molecule has 0 radical (unpaired) electrons. The Bertz CT molecular complexity index is 143. The number of carbonyl (C=O) groups is 1. The van der Waals surface area contributed by atoms with Gasteiger partial charge in [-0.3, -0.25) is 4.79 Å². The molecular formula is C8H17N3O. The van der Waals surface area contributed by atoms with Gasteiger partial charge in [-0.25, -0.2) is 0 Å². The third kappa shape index (κ3) is 3.69. The van der Waals surface area contributed by atoms with E-state index in [9.17, 15) is 4.79 Å². The number of nitrogens with one attached hydrogen (secondary N) is 2. The van der Waals surface area contributed by atoms with Gasteiger partial charge in [0.2, 0.25) is 5.91 Å². The van der Waals surface area contributed by atoms with Crippen molar-refractivity contribution < 1.29 is 4.79 Å². The first-order valence-electron chi connectivity index (χ1n) is 4.51. The molecule has 1 saturated heterocycles. The zero-order chi connectivity index (χ0) is 8.81. The fraction of sp³-hybridized carbons (Fsp3) is 0.875. The first-order chi connectivity index (χ1) is 5.79. The largest absolute Gasteiger partial charge is 0.370 e. The highest BCUT2D eigenvalue weighted by Crippen LogP contribution is 2.00. The van der Waals surface area contributed by atoms with Crippen molar-refractivity contribution in [1.29, 1.82) is 0 Å². The third-order valence-electron chi connectivity index (χ3n) is 2.14. The Morgan fingerprint density at radius 3 is 2.75 bits per heavy atom. The second kappa shape index (κ2) is 5.11. The summed E-state index contributed by atoms with van der Waals surface area (Å²) < 4.78 is 0. The van der Waals surface area contributed by atoms with Crippen LogP contribution in [0.2, 0.25) is 0 Å². The Morgan fingerprint density at radius 1 is 1.50 bits per heavy atom. The maximum atomic E-state index is 10.4. The zero-order valence-corrected chi connectivity index (χ0v) is 7.31. The van der Waals surface area contributed by atoms with Crippen molar-refractivity contribution >= 4 is 5.91 Å². The lowest BCUT2D eigenvalue weighted by Crippen LogP contribution is -2.40. The second-order valence-electron chi connectivity index (χ2n) is 3.19. The molecule has 0 aliphatic carbocycles. The van der Waals surface area contributed by atoms with Crippen LogP contribution in [0.5, 0.6) is 0 Å². The lowest BCUT2D eigenvalue weighted by atomic mass is 10.1. The lowest BCUT2D eigenvalue weighted by molar-refractivity contribution is -0.117. The zero-order valence-electron chi connectivity index (χ0n) is 7.31. The van der Waals surface area contributed by atoms with Crippen LogP contribution in [-0.2, 0) is 4.79 Å². The third-order valence-corrected chi connectivity index (χ3v) is 2.14. The molecule has 1 rings (SSSR count). The molecule has 4 N–H and O–H groups in total. The van der Waals surface area contributed by atoms with E-state index in [2.05, 4.69) is 10.6 Å². The summed E-state index contributed by atoms with van der Waals surface area (Å²) in [6.45, 7) is 2.88.